The van der Waals surface area contributed by atoms with Gasteiger partial charge in [-0.2, -0.15) is 11.8 Å². The molecule has 5 heteroatoms. The minimum Gasteiger partial charge on any atom is -0.389 e. The molecule has 18 heavy (non-hydrogen) atoms. The Bertz CT molecular complexity index is 422. The van der Waals surface area contributed by atoms with Crippen molar-refractivity contribution in [2.24, 2.45) is 5.73 Å². The van der Waals surface area contributed by atoms with Crippen molar-refractivity contribution >= 4 is 34.8 Å². The van der Waals surface area contributed by atoms with Gasteiger partial charge in [0, 0.05) is 23.1 Å². The zero-order valence-electron chi connectivity index (χ0n) is 10.6. The molecule has 2 rings (SSSR count). The second-order valence-corrected chi connectivity index (χ2v) is 6.43. The quantitative estimate of drug-likeness (QED) is 0.813. The van der Waals surface area contributed by atoms with Gasteiger partial charge in [0.25, 0.3) is 0 Å². The lowest BCUT2D eigenvalue weighted by atomic mass is 10.2. The molecule has 0 radical (unpaired) electrons. The highest BCUT2D eigenvalue weighted by atomic mass is 32.2. The SMILES string of the molecule is CCSC1CCCC1Nc1cc(C(N)=S)ccn1. The summed E-state index contributed by atoms with van der Waals surface area (Å²) in [6.45, 7) is 2.21. The van der Waals surface area contributed by atoms with Gasteiger partial charge in [-0.05, 0) is 30.7 Å². The van der Waals surface area contributed by atoms with Crippen molar-refractivity contribution in [1.82, 2.24) is 4.98 Å². The van der Waals surface area contributed by atoms with Gasteiger partial charge in [0.05, 0.1) is 0 Å². The number of nitrogens with zero attached hydrogens (tertiary/aromatic N) is 1. The summed E-state index contributed by atoms with van der Waals surface area (Å²) in [5, 5.41) is 4.22. The molecular formula is C13H19N3S2. The van der Waals surface area contributed by atoms with Crippen LogP contribution in [0.15, 0.2) is 18.3 Å². The number of aromatic nitrogens is 1. The van der Waals surface area contributed by atoms with E-state index in [0.29, 0.717) is 16.3 Å². The third-order valence-electron chi connectivity index (χ3n) is 3.21. The van der Waals surface area contributed by atoms with Crippen molar-refractivity contribution < 1.29 is 0 Å². The van der Waals surface area contributed by atoms with E-state index in [1.807, 2.05) is 23.9 Å². The van der Waals surface area contributed by atoms with Gasteiger partial charge in [-0.15, -0.1) is 0 Å². The van der Waals surface area contributed by atoms with Crippen molar-refractivity contribution in [3.05, 3.63) is 23.9 Å². The number of nitrogens with two attached hydrogens (primary N) is 1. The average molecular weight is 281 g/mol. The molecule has 0 saturated heterocycles. The molecule has 1 aliphatic carbocycles. The van der Waals surface area contributed by atoms with E-state index in [2.05, 4.69) is 17.2 Å². The van der Waals surface area contributed by atoms with Gasteiger partial charge in [-0.25, -0.2) is 4.98 Å². The van der Waals surface area contributed by atoms with Crippen molar-refractivity contribution in [3.8, 4) is 0 Å². The van der Waals surface area contributed by atoms with Crippen molar-refractivity contribution in [1.29, 1.82) is 0 Å². The highest BCUT2D eigenvalue weighted by Crippen LogP contribution is 2.31. The Labute approximate surface area is 118 Å². The van der Waals surface area contributed by atoms with Crippen LogP contribution < -0.4 is 11.1 Å². The molecular weight excluding hydrogens is 262 g/mol. The summed E-state index contributed by atoms with van der Waals surface area (Å²) in [6, 6.07) is 4.30. The summed E-state index contributed by atoms with van der Waals surface area (Å²) in [4.78, 5) is 4.77. The van der Waals surface area contributed by atoms with E-state index >= 15 is 0 Å². The molecule has 1 heterocycles. The number of nitrogens with one attached hydrogen (secondary N) is 1. The summed E-state index contributed by atoms with van der Waals surface area (Å²) in [5.74, 6) is 2.05. The molecule has 1 saturated carbocycles. The van der Waals surface area contributed by atoms with Gasteiger partial charge in [-0.3, -0.25) is 0 Å². The third kappa shape index (κ3) is 3.36. The molecule has 0 aliphatic heterocycles. The normalized spacial score (nSPS) is 22.9. The second-order valence-electron chi connectivity index (χ2n) is 4.47. The lowest BCUT2D eigenvalue weighted by molar-refractivity contribution is 0.762. The van der Waals surface area contributed by atoms with Crippen molar-refractivity contribution in [3.63, 3.8) is 0 Å². The summed E-state index contributed by atoms with van der Waals surface area (Å²) >= 11 is 7.02. The van der Waals surface area contributed by atoms with Crippen molar-refractivity contribution in [2.45, 2.75) is 37.5 Å². The summed E-state index contributed by atoms with van der Waals surface area (Å²) in [7, 11) is 0. The Kier molecular flexibility index (Phi) is 4.83. The third-order valence-corrected chi connectivity index (χ3v) is 4.77. The van der Waals surface area contributed by atoms with E-state index < -0.39 is 0 Å². The number of thioether (sulfide) groups is 1. The first-order valence-corrected chi connectivity index (χ1v) is 7.80. The maximum Gasteiger partial charge on any atom is 0.126 e. The minimum absolute atomic E-state index is 0.423. The Hall–Kier alpha value is -0.810. The molecule has 0 spiro atoms. The summed E-state index contributed by atoms with van der Waals surface area (Å²) < 4.78 is 0. The summed E-state index contributed by atoms with van der Waals surface area (Å²) in [5.41, 5.74) is 6.51. The Morgan fingerprint density at radius 2 is 2.44 bits per heavy atom. The minimum atomic E-state index is 0.423. The maximum absolute atomic E-state index is 5.64. The number of thiocarbonyl (C=S) groups is 1. The molecule has 1 aromatic rings. The predicted molar refractivity (Wildman–Crippen MR) is 83.3 cm³/mol. The van der Waals surface area contributed by atoms with Crippen LogP contribution >= 0.6 is 24.0 Å². The Morgan fingerprint density at radius 3 is 3.17 bits per heavy atom. The zero-order valence-corrected chi connectivity index (χ0v) is 12.2. The van der Waals surface area contributed by atoms with Crippen molar-refractivity contribution in [2.75, 3.05) is 11.1 Å². The highest BCUT2D eigenvalue weighted by Gasteiger charge is 2.27. The van der Waals surface area contributed by atoms with Gasteiger partial charge in [-0.1, -0.05) is 25.6 Å². The summed E-state index contributed by atoms with van der Waals surface area (Å²) in [6.07, 6.45) is 5.57. The van der Waals surface area contributed by atoms with Crippen LogP contribution in [0.1, 0.15) is 31.7 Å². The van der Waals surface area contributed by atoms with Gasteiger partial charge in [0.1, 0.15) is 10.8 Å². The largest absolute Gasteiger partial charge is 0.389 e. The zero-order chi connectivity index (χ0) is 13.0. The van der Waals surface area contributed by atoms with E-state index in [4.69, 9.17) is 18.0 Å². The van der Waals surface area contributed by atoms with Crippen LogP contribution in [0, 0.1) is 0 Å². The fourth-order valence-electron chi connectivity index (χ4n) is 2.36. The molecule has 1 fully saturated rings. The number of hydrogen-bond donors (Lipinski definition) is 2. The van der Waals surface area contributed by atoms with Crippen LogP contribution in [0.2, 0.25) is 0 Å². The van der Waals surface area contributed by atoms with Crippen LogP contribution in [0.5, 0.6) is 0 Å². The molecule has 1 aromatic heterocycles. The fourth-order valence-corrected chi connectivity index (χ4v) is 3.68. The van der Waals surface area contributed by atoms with Crippen LogP contribution in [-0.2, 0) is 0 Å². The molecule has 0 amide bonds. The van der Waals surface area contributed by atoms with E-state index in [0.717, 1.165) is 11.4 Å². The molecule has 0 bridgehead atoms. The van der Waals surface area contributed by atoms with Gasteiger partial charge in [0.15, 0.2) is 0 Å². The predicted octanol–water partition coefficient (Wildman–Crippen LogP) is 2.80. The monoisotopic (exact) mass is 281 g/mol. The highest BCUT2D eigenvalue weighted by molar-refractivity contribution is 7.99. The van der Waals surface area contributed by atoms with E-state index in [1.54, 1.807) is 6.20 Å². The van der Waals surface area contributed by atoms with E-state index in [-0.39, 0.29) is 0 Å². The second kappa shape index (κ2) is 6.38. The number of anilines is 1. The van der Waals surface area contributed by atoms with Crippen LogP contribution in [-0.4, -0.2) is 27.0 Å². The van der Waals surface area contributed by atoms with Crippen LogP contribution in [0.3, 0.4) is 0 Å². The number of rotatable bonds is 5. The Balaban J connectivity index is 2.04. The first-order chi connectivity index (χ1) is 8.70. The Morgan fingerprint density at radius 1 is 1.61 bits per heavy atom. The first kappa shape index (κ1) is 13.6. The standard InChI is InChI=1S/C13H19N3S2/c1-2-18-11-5-3-4-10(11)16-12-8-9(13(14)17)6-7-15-12/h6-8,10-11H,2-5H2,1H3,(H2,14,17)(H,15,16). The van der Waals surface area contributed by atoms with E-state index in [9.17, 15) is 0 Å². The average Bonchev–Trinajstić information content (AvgIpc) is 2.77. The first-order valence-electron chi connectivity index (χ1n) is 6.34. The molecule has 98 valence electrons. The lowest BCUT2D eigenvalue weighted by Crippen LogP contribution is -2.26. The number of hydrogen-bond acceptors (Lipinski definition) is 4. The molecule has 2 unspecified atom stereocenters. The lowest BCUT2D eigenvalue weighted by Gasteiger charge is -2.20. The van der Waals surface area contributed by atoms with Gasteiger partial charge >= 0.3 is 0 Å². The van der Waals surface area contributed by atoms with Gasteiger partial charge < -0.3 is 11.1 Å². The van der Waals surface area contributed by atoms with Gasteiger partial charge in [0.2, 0.25) is 0 Å². The smallest absolute Gasteiger partial charge is 0.126 e. The van der Waals surface area contributed by atoms with Crippen LogP contribution in [0.25, 0.3) is 0 Å². The molecule has 3 nitrogen and oxygen atoms in total. The molecule has 1 aliphatic rings. The number of pyridine rings is 1. The van der Waals surface area contributed by atoms with E-state index in [1.165, 1.54) is 25.0 Å². The topological polar surface area (TPSA) is 50.9 Å². The maximum atomic E-state index is 5.64. The van der Waals surface area contributed by atoms with Crippen LogP contribution in [0.4, 0.5) is 5.82 Å². The molecule has 3 N–H and O–H groups in total. The molecule has 2 atom stereocenters. The molecule has 0 aromatic carbocycles. The fraction of sp³-hybridized carbons (Fsp3) is 0.538.